The van der Waals surface area contributed by atoms with E-state index < -0.39 is 30.6 Å². The van der Waals surface area contributed by atoms with Crippen LogP contribution in [0.25, 0.3) is 0 Å². The van der Waals surface area contributed by atoms with Gasteiger partial charge in [0.25, 0.3) is 0 Å². The minimum atomic E-state index is -3.10. The third-order valence-corrected chi connectivity index (χ3v) is 9.87. The first-order valence-corrected chi connectivity index (χ1v) is 17.2. The van der Waals surface area contributed by atoms with Crippen molar-refractivity contribution in [1.29, 1.82) is 0 Å². The summed E-state index contributed by atoms with van der Waals surface area (Å²) in [5.74, 6) is -1.38. The number of hydrogen-bond acceptors (Lipinski definition) is 8. The highest BCUT2D eigenvalue weighted by atomic mass is 35.5. The molecule has 7 rings (SSSR count). The molecule has 3 aliphatic heterocycles. The number of carbonyl (C=O) groups is 2. The Labute approximate surface area is 307 Å². The van der Waals surface area contributed by atoms with Gasteiger partial charge in [-0.15, -0.1) is 0 Å². The summed E-state index contributed by atoms with van der Waals surface area (Å²) >= 11 is 12.7. The third kappa shape index (κ3) is 8.66. The Kier molecular flexibility index (Phi) is 11.6. The smallest absolute Gasteiger partial charge is 0.415 e. The molecule has 3 fully saturated rings. The average molecular weight is 761 g/mol. The number of para-hydroxylation sites is 1. The number of halogens is 5. The lowest BCUT2D eigenvalue weighted by molar-refractivity contribution is -0.605. The Morgan fingerprint density at radius 3 is 2.31 bits per heavy atom. The molecule has 0 aliphatic carbocycles. The van der Waals surface area contributed by atoms with Gasteiger partial charge in [0, 0.05) is 18.5 Å². The zero-order chi connectivity index (χ0) is 36.9. The molecule has 3 aliphatic rings. The van der Waals surface area contributed by atoms with E-state index in [0.29, 0.717) is 28.0 Å². The van der Waals surface area contributed by atoms with Gasteiger partial charge in [0.15, 0.2) is 23.9 Å². The lowest BCUT2D eigenvalue weighted by Crippen LogP contribution is -2.53. The Morgan fingerprint density at radius 1 is 1.00 bits per heavy atom. The number of hydrogen-bond donors (Lipinski definition) is 0. The van der Waals surface area contributed by atoms with Gasteiger partial charge in [-0.2, -0.15) is 13.5 Å². The van der Waals surface area contributed by atoms with E-state index in [9.17, 15) is 23.6 Å². The van der Waals surface area contributed by atoms with Crippen molar-refractivity contribution < 1.29 is 46.4 Å². The second-order valence-corrected chi connectivity index (χ2v) is 13.3. The first-order chi connectivity index (χ1) is 25.0. The lowest BCUT2D eigenvalue weighted by Gasteiger charge is -2.44. The lowest BCUT2D eigenvalue weighted by atomic mass is 9.86. The summed E-state index contributed by atoms with van der Waals surface area (Å²) in [5.41, 5.74) is 1.40. The Bertz CT molecular complexity index is 1890. The van der Waals surface area contributed by atoms with Crippen LogP contribution in [0.3, 0.4) is 0 Å². The topological polar surface area (TPSA) is 104 Å². The van der Waals surface area contributed by atoms with Crippen LogP contribution in [0, 0.1) is 16.9 Å². The monoisotopic (exact) mass is 759 g/mol. The number of ether oxygens (including phenoxy) is 4. The van der Waals surface area contributed by atoms with Crippen molar-refractivity contribution in [1.82, 2.24) is 4.90 Å². The van der Waals surface area contributed by atoms with Crippen molar-refractivity contribution >= 4 is 41.0 Å². The maximum atomic E-state index is 15.0. The van der Waals surface area contributed by atoms with E-state index in [4.69, 9.17) is 37.4 Å². The molecule has 0 saturated carbocycles. The molecule has 1 amide bonds. The molecule has 0 N–H and O–H groups in total. The highest BCUT2D eigenvalue weighted by molar-refractivity contribution is 6.35. The van der Waals surface area contributed by atoms with Gasteiger partial charge in [-0.25, -0.2) is 14.0 Å². The van der Waals surface area contributed by atoms with Crippen LogP contribution in [-0.2, 0) is 22.4 Å². The summed E-state index contributed by atoms with van der Waals surface area (Å²) in [7, 11) is 1.27. The standard InChI is InChI=1S/C37H34Cl2F3N3O7/c1-49-33-16-25(10-11-31(33)51-36(41)42)32(17-26-27(38)19-44(48)20-28(26)39)50-35(46)24-8-6-22(7-9-24)18-45(30-5-3-2-4-29(30)40)37(47)52-34-21-43-14-12-23(34)13-15-43/h2-11,16,19-20,23,32,34,36H,12-15,17-18,21H2,1H3/t32?,34-/m0/s1. The number of piperidine rings is 3. The summed E-state index contributed by atoms with van der Waals surface area (Å²) in [6, 6.07) is 16.2. The maximum Gasteiger partial charge on any atom is 0.415 e. The molecule has 15 heteroatoms. The zero-order valence-electron chi connectivity index (χ0n) is 27.9. The molecular weight excluding hydrogens is 726 g/mol. The Hall–Kier alpha value is -4.72. The van der Waals surface area contributed by atoms with Crippen molar-refractivity contribution in [2.45, 2.75) is 44.6 Å². The van der Waals surface area contributed by atoms with E-state index in [1.54, 1.807) is 18.2 Å². The van der Waals surface area contributed by atoms with Crippen molar-refractivity contribution in [3.8, 4) is 11.5 Å². The molecule has 1 unspecified atom stereocenters. The van der Waals surface area contributed by atoms with Gasteiger partial charge in [-0.05, 0) is 79.4 Å². The third-order valence-electron chi connectivity index (χ3n) is 9.21. The van der Waals surface area contributed by atoms with Gasteiger partial charge in [-0.3, -0.25) is 9.80 Å². The molecule has 0 radical (unpaired) electrons. The second kappa shape index (κ2) is 16.3. The van der Waals surface area contributed by atoms with Crippen LogP contribution >= 0.6 is 23.2 Å². The molecule has 3 aromatic carbocycles. The van der Waals surface area contributed by atoms with E-state index >= 15 is 4.39 Å². The average Bonchev–Trinajstić information content (AvgIpc) is 3.12. The van der Waals surface area contributed by atoms with Gasteiger partial charge < -0.3 is 24.2 Å². The van der Waals surface area contributed by atoms with E-state index in [1.807, 2.05) is 0 Å². The molecule has 0 spiro atoms. The summed E-state index contributed by atoms with van der Waals surface area (Å²) in [4.78, 5) is 30.6. The molecular formula is C37H34Cl2F3N3O7. The molecule has 4 heterocycles. The fourth-order valence-electron chi connectivity index (χ4n) is 6.50. The predicted octanol–water partition coefficient (Wildman–Crippen LogP) is 7.75. The highest BCUT2D eigenvalue weighted by Crippen LogP contribution is 2.36. The number of aromatic nitrogens is 1. The molecule has 3 saturated heterocycles. The number of carbonyl (C=O) groups excluding carboxylic acids is 2. The van der Waals surface area contributed by atoms with E-state index in [2.05, 4.69) is 9.64 Å². The van der Waals surface area contributed by atoms with Crippen LogP contribution in [0.15, 0.2) is 79.1 Å². The number of amides is 1. The molecule has 2 bridgehead atoms. The van der Waals surface area contributed by atoms with E-state index in [-0.39, 0.29) is 57.8 Å². The maximum absolute atomic E-state index is 15.0. The quantitative estimate of drug-likeness (QED) is 0.0821. The normalized spacial score (nSPS) is 18.5. The fraction of sp³-hybridized carbons (Fsp3) is 0.324. The number of pyridine rings is 1. The number of anilines is 1. The van der Waals surface area contributed by atoms with Gasteiger partial charge in [0.2, 0.25) is 0 Å². The van der Waals surface area contributed by atoms with Crippen LogP contribution in [0.2, 0.25) is 10.0 Å². The summed E-state index contributed by atoms with van der Waals surface area (Å²) in [5, 5.41) is 11.9. The molecule has 1 aromatic heterocycles. The summed E-state index contributed by atoms with van der Waals surface area (Å²) in [6.45, 7) is -0.571. The first kappa shape index (κ1) is 37.1. The van der Waals surface area contributed by atoms with Crippen LogP contribution in [-0.4, -0.2) is 56.4 Å². The van der Waals surface area contributed by atoms with Crippen LogP contribution in [0.5, 0.6) is 11.5 Å². The largest absolute Gasteiger partial charge is 0.619 e. The molecule has 52 heavy (non-hydrogen) atoms. The molecule has 274 valence electrons. The number of alkyl halides is 2. The van der Waals surface area contributed by atoms with E-state index in [0.717, 1.165) is 38.3 Å². The second-order valence-electron chi connectivity index (χ2n) is 12.5. The minimum Gasteiger partial charge on any atom is -0.619 e. The van der Waals surface area contributed by atoms with Gasteiger partial charge in [0.05, 0.1) is 24.9 Å². The van der Waals surface area contributed by atoms with Crippen LogP contribution < -0.4 is 19.1 Å². The van der Waals surface area contributed by atoms with Crippen LogP contribution in [0.1, 0.15) is 46.0 Å². The first-order valence-electron chi connectivity index (χ1n) is 16.4. The number of fused-ring (bicyclic) bond motifs is 3. The Balaban J connectivity index is 1.22. The van der Waals surface area contributed by atoms with Crippen molar-refractivity contribution in [3.63, 3.8) is 0 Å². The SMILES string of the molecule is COc1cc(C(Cc2c(Cl)c[n+]([O-])cc2Cl)OC(=O)c2ccc(CN(C(=O)O[C@H]3CN4CCC3CC4)c3ccccc3F)cc2)ccc1OC(F)F. The predicted molar refractivity (Wildman–Crippen MR) is 185 cm³/mol. The van der Waals surface area contributed by atoms with Gasteiger partial charge in [-0.1, -0.05) is 53.5 Å². The number of benzene rings is 3. The minimum absolute atomic E-state index is 0.0176. The number of methoxy groups -OCH3 is 1. The van der Waals surface area contributed by atoms with Crippen molar-refractivity contribution in [2.75, 3.05) is 31.6 Å². The number of esters is 1. The summed E-state index contributed by atoms with van der Waals surface area (Å²) < 4.78 is 63.0. The van der Waals surface area contributed by atoms with Crippen molar-refractivity contribution in [3.05, 3.63) is 122 Å². The van der Waals surface area contributed by atoms with Gasteiger partial charge in [0.1, 0.15) is 28.1 Å². The van der Waals surface area contributed by atoms with E-state index in [1.165, 1.54) is 60.5 Å². The number of rotatable bonds is 12. The molecule has 2 atom stereocenters. The fourth-order valence-corrected chi connectivity index (χ4v) is 7.10. The summed E-state index contributed by atoms with van der Waals surface area (Å²) in [6.07, 6.45) is 1.93. The Morgan fingerprint density at radius 2 is 1.69 bits per heavy atom. The number of nitrogens with zero attached hydrogens (tertiary/aromatic N) is 3. The van der Waals surface area contributed by atoms with Crippen molar-refractivity contribution in [2.24, 2.45) is 5.92 Å². The highest BCUT2D eigenvalue weighted by Gasteiger charge is 2.38. The van der Waals surface area contributed by atoms with Gasteiger partial charge >= 0.3 is 18.7 Å². The van der Waals surface area contributed by atoms with Crippen LogP contribution in [0.4, 0.5) is 23.7 Å². The zero-order valence-corrected chi connectivity index (χ0v) is 29.4. The molecule has 10 nitrogen and oxygen atoms in total. The molecule has 4 aromatic rings.